The molecule has 0 bridgehead atoms. The Morgan fingerprint density at radius 2 is 1.13 bits per heavy atom. The van der Waals surface area contributed by atoms with Crippen LogP contribution in [-0.4, -0.2) is 10.9 Å². The van der Waals surface area contributed by atoms with E-state index in [2.05, 4.69) is 137 Å². The summed E-state index contributed by atoms with van der Waals surface area (Å²) in [5.74, 6) is -0.0943. The van der Waals surface area contributed by atoms with Crippen LogP contribution in [-0.2, 0) is 27.1 Å². The monoisotopic (exact) mass is 685 g/mol. The van der Waals surface area contributed by atoms with Crippen molar-refractivity contribution >= 4 is 39.7 Å². The number of nitrogens with zero attached hydrogens (tertiary/aromatic N) is 1. The number of rotatable bonds is 1. The number of hydrogen-bond donors (Lipinski definition) is 1. The van der Waals surface area contributed by atoms with Crippen LogP contribution in [0.5, 0.6) is 0 Å². The Balaban J connectivity index is 1.38. The molecule has 0 fully saturated rings. The van der Waals surface area contributed by atoms with Crippen molar-refractivity contribution in [2.75, 3.05) is 4.90 Å². The van der Waals surface area contributed by atoms with Gasteiger partial charge < -0.3 is 10.0 Å². The molecule has 52 heavy (non-hydrogen) atoms. The average molecular weight is 686 g/mol. The lowest BCUT2D eigenvalue weighted by Gasteiger charge is -2.56. The van der Waals surface area contributed by atoms with E-state index in [-0.39, 0.29) is 32.9 Å². The van der Waals surface area contributed by atoms with Crippen molar-refractivity contribution in [3.05, 3.63) is 140 Å². The summed E-state index contributed by atoms with van der Waals surface area (Å²) in [5.41, 5.74) is 16.9. The number of anilines is 3. The van der Waals surface area contributed by atoms with Crippen LogP contribution in [0.4, 0.5) is 17.1 Å². The molecule has 264 valence electrons. The van der Waals surface area contributed by atoms with Gasteiger partial charge in [-0.2, -0.15) is 0 Å². The average Bonchev–Trinajstić information content (AvgIpc) is 3.30. The quantitative estimate of drug-likeness (QED) is 0.179. The second kappa shape index (κ2) is 9.94. The van der Waals surface area contributed by atoms with E-state index in [9.17, 15) is 9.90 Å². The van der Waals surface area contributed by atoms with Gasteiger partial charge in [-0.25, -0.2) is 0 Å². The van der Waals surface area contributed by atoms with Gasteiger partial charge in [-0.15, -0.1) is 0 Å². The molecule has 0 saturated carbocycles. The summed E-state index contributed by atoms with van der Waals surface area (Å²) in [4.78, 5) is 16.1. The van der Waals surface area contributed by atoms with Gasteiger partial charge in [0.1, 0.15) is 6.10 Å². The van der Waals surface area contributed by atoms with Gasteiger partial charge in [-0.3, -0.25) is 4.79 Å². The van der Waals surface area contributed by atoms with Crippen LogP contribution in [0.1, 0.15) is 155 Å². The summed E-state index contributed by atoms with van der Waals surface area (Å²) in [5, 5.41) is 13.6. The maximum absolute atomic E-state index is 13.5. The fourth-order valence-electron chi connectivity index (χ4n) is 9.84. The summed E-state index contributed by atoms with van der Waals surface area (Å²) in [6, 6.07) is 26.5. The fourth-order valence-corrected chi connectivity index (χ4v) is 9.84. The lowest BCUT2D eigenvalue weighted by Crippen LogP contribution is -2.44. The minimum absolute atomic E-state index is 0.0145. The van der Waals surface area contributed by atoms with E-state index in [4.69, 9.17) is 0 Å². The van der Waals surface area contributed by atoms with Crippen LogP contribution in [0, 0.1) is 0 Å². The highest BCUT2D eigenvalue weighted by atomic mass is 16.3. The number of aliphatic hydroxyl groups is 1. The molecule has 1 aliphatic carbocycles. The molecule has 5 aromatic carbocycles. The highest BCUT2D eigenvalue weighted by molar-refractivity contribution is 6.16. The van der Waals surface area contributed by atoms with Crippen molar-refractivity contribution in [2.45, 2.75) is 116 Å². The van der Waals surface area contributed by atoms with E-state index in [0.717, 1.165) is 10.9 Å². The summed E-state index contributed by atoms with van der Waals surface area (Å²) in [6.45, 7) is 28.6. The number of benzene rings is 5. The molecule has 5 aromatic rings. The van der Waals surface area contributed by atoms with E-state index in [1.807, 2.05) is 30.3 Å². The number of carbonyl (C=O) groups excluding carboxylic acids is 1. The largest absolute Gasteiger partial charge is 0.383 e. The number of aliphatic hydroxyl groups excluding tert-OH is 1. The van der Waals surface area contributed by atoms with Crippen LogP contribution in [0.2, 0.25) is 0 Å². The Labute approximate surface area is 309 Å². The molecular formula is C49H51NO2. The Hall–Kier alpha value is -4.47. The molecular weight excluding hydrogens is 635 g/mol. The van der Waals surface area contributed by atoms with Gasteiger partial charge in [-0.1, -0.05) is 144 Å². The summed E-state index contributed by atoms with van der Waals surface area (Å²) < 4.78 is 0. The molecule has 1 unspecified atom stereocenters. The summed E-state index contributed by atoms with van der Waals surface area (Å²) in [6.07, 6.45) is 0.977. The van der Waals surface area contributed by atoms with Gasteiger partial charge in [0.05, 0.1) is 17.1 Å². The van der Waals surface area contributed by atoms with Crippen LogP contribution in [0.3, 0.4) is 0 Å². The van der Waals surface area contributed by atoms with E-state index in [1.165, 1.54) is 67.0 Å². The Morgan fingerprint density at radius 3 is 1.65 bits per heavy atom. The van der Waals surface area contributed by atoms with Gasteiger partial charge in [0.25, 0.3) is 0 Å². The van der Waals surface area contributed by atoms with E-state index >= 15 is 0 Å². The molecule has 0 radical (unpaired) electrons. The van der Waals surface area contributed by atoms with Crippen molar-refractivity contribution in [3.8, 4) is 0 Å². The Kier molecular flexibility index (Phi) is 6.38. The molecule has 0 saturated heterocycles. The Bertz CT molecular complexity index is 2470. The highest BCUT2D eigenvalue weighted by Crippen LogP contribution is 2.67. The van der Waals surface area contributed by atoms with Gasteiger partial charge >= 0.3 is 0 Å². The zero-order valence-electron chi connectivity index (χ0n) is 32.9. The van der Waals surface area contributed by atoms with Crippen LogP contribution < -0.4 is 4.90 Å². The molecule has 3 nitrogen and oxygen atoms in total. The first kappa shape index (κ1) is 33.4. The van der Waals surface area contributed by atoms with Gasteiger partial charge in [0.15, 0.2) is 5.78 Å². The van der Waals surface area contributed by atoms with Crippen LogP contribution >= 0.6 is 0 Å². The third-order valence-electron chi connectivity index (χ3n) is 13.1. The van der Waals surface area contributed by atoms with Crippen molar-refractivity contribution in [1.29, 1.82) is 0 Å². The maximum atomic E-state index is 13.5. The first-order chi connectivity index (χ1) is 24.1. The predicted octanol–water partition coefficient (Wildman–Crippen LogP) is 12.1. The third kappa shape index (κ3) is 4.15. The summed E-state index contributed by atoms with van der Waals surface area (Å²) >= 11 is 0. The van der Waals surface area contributed by atoms with Gasteiger partial charge in [0.2, 0.25) is 0 Å². The third-order valence-corrected chi connectivity index (χ3v) is 13.1. The van der Waals surface area contributed by atoms with Crippen molar-refractivity contribution < 1.29 is 9.90 Å². The molecule has 0 aromatic heterocycles. The van der Waals surface area contributed by atoms with Crippen LogP contribution in [0.25, 0.3) is 16.8 Å². The number of ketones is 1. The van der Waals surface area contributed by atoms with Crippen molar-refractivity contribution in [2.24, 2.45) is 0 Å². The molecule has 1 atom stereocenters. The molecule has 3 heteroatoms. The smallest absolute Gasteiger partial charge is 0.192 e. The lowest BCUT2D eigenvalue weighted by molar-refractivity contribution is 0.102. The number of Topliss-reactive ketones (excluding diaryl/α,β-unsaturated/α-hetero) is 1. The molecule has 0 spiro atoms. The van der Waals surface area contributed by atoms with Gasteiger partial charge in [-0.05, 0) is 95.4 Å². The predicted molar refractivity (Wildman–Crippen MR) is 216 cm³/mol. The minimum atomic E-state index is -0.921. The molecule has 1 N–H and O–H groups in total. The van der Waals surface area contributed by atoms with E-state index < -0.39 is 6.10 Å². The second-order valence-corrected chi connectivity index (χ2v) is 19.6. The maximum Gasteiger partial charge on any atom is 0.192 e. The first-order valence-corrected chi connectivity index (χ1v) is 19.0. The van der Waals surface area contributed by atoms with E-state index in [1.54, 1.807) is 0 Å². The number of fused-ring (bicyclic) bond motifs is 3. The Morgan fingerprint density at radius 1 is 0.635 bits per heavy atom. The van der Waals surface area contributed by atoms with E-state index in [0.29, 0.717) is 16.7 Å². The highest BCUT2D eigenvalue weighted by Gasteiger charge is 2.53. The van der Waals surface area contributed by atoms with Crippen molar-refractivity contribution in [3.63, 3.8) is 0 Å². The molecule has 3 aliphatic heterocycles. The topological polar surface area (TPSA) is 40.5 Å². The summed E-state index contributed by atoms with van der Waals surface area (Å²) in [7, 11) is 0. The molecule has 3 heterocycles. The minimum Gasteiger partial charge on any atom is -0.383 e. The normalized spacial score (nSPS) is 20.7. The van der Waals surface area contributed by atoms with Crippen molar-refractivity contribution in [1.82, 2.24) is 0 Å². The molecule has 0 amide bonds. The zero-order valence-corrected chi connectivity index (χ0v) is 32.9. The molecule has 4 aliphatic rings. The first-order valence-electron chi connectivity index (χ1n) is 19.0. The fraction of sp³-hybridized carbons (Fsp3) is 0.367. The van der Waals surface area contributed by atoms with Gasteiger partial charge in [0, 0.05) is 27.4 Å². The molecule has 9 rings (SSSR count). The standard InChI is InChI=1S/C49H51NO2/c1-45(2,3)28-22-35-40-36(23-28)48(9,10)37-24-29(46(4,5)6)25-38-41(37)50(40)42-34(47(35,7)8)21-27-19-26(17-18-30(27)39(42)49(38,11)12)20-33-43(51)31-15-13-14-16-32(31)44(33)52/h13-25,43,51H,1-12H3/b33-20-. The second-order valence-electron chi connectivity index (χ2n) is 19.6. The number of hydrogen-bond acceptors (Lipinski definition) is 3. The lowest BCUT2D eigenvalue weighted by atomic mass is 9.59. The van der Waals surface area contributed by atoms with Crippen LogP contribution in [0.15, 0.2) is 78.4 Å². The number of carbonyl (C=O) groups is 1. The zero-order chi connectivity index (χ0) is 37.2. The SMILES string of the molecule is CC(C)(C)c1cc2c3c(c1)C(C)(C)c1cc4cc(/C=C5\C(=O)c6ccccc6C5O)ccc4c4c1N3c1c(cc(C(C)(C)C)cc1C4(C)C)C2(C)C.